The van der Waals surface area contributed by atoms with E-state index < -0.39 is 5.97 Å². The molecular weight excluding hydrogens is 274 g/mol. The summed E-state index contributed by atoms with van der Waals surface area (Å²) in [7, 11) is 0. The normalized spacial score (nSPS) is 9.45. The minimum atomic E-state index is -0.799. The second-order valence-corrected chi connectivity index (χ2v) is 5.00. The second-order valence-electron chi connectivity index (χ2n) is 5.00. The predicted octanol–water partition coefficient (Wildman–Crippen LogP) is 3.28. The molecule has 2 rings (SSSR count). The average Bonchev–Trinajstić information content (AvgIpc) is 2.52. The van der Waals surface area contributed by atoms with Gasteiger partial charge < -0.3 is 5.11 Å². The molecule has 0 radical (unpaired) electrons. The number of nitriles is 1. The monoisotopic (exact) mass is 289 g/mol. The van der Waals surface area contributed by atoms with E-state index in [1.807, 2.05) is 43.3 Å². The van der Waals surface area contributed by atoms with Crippen molar-refractivity contribution < 1.29 is 9.90 Å². The first-order valence-corrected chi connectivity index (χ1v) is 6.92. The number of carboxylic acids is 1. The first-order chi connectivity index (χ1) is 10.6. The lowest BCUT2D eigenvalue weighted by molar-refractivity contribution is -0.136. The smallest absolute Gasteiger partial charge is 0.303 e. The van der Waals surface area contributed by atoms with Gasteiger partial charge in [-0.2, -0.15) is 5.26 Å². The maximum atomic E-state index is 10.5. The van der Waals surface area contributed by atoms with Gasteiger partial charge in [-0.05, 0) is 48.7 Å². The minimum absolute atomic E-state index is 0.125. The molecule has 3 heteroatoms. The third-order valence-electron chi connectivity index (χ3n) is 3.22. The number of aryl methyl sites for hydroxylation is 2. The summed E-state index contributed by atoms with van der Waals surface area (Å²) in [6.07, 6.45) is 0.638. The number of nitrogens with zero attached hydrogens (tertiary/aromatic N) is 1. The predicted molar refractivity (Wildman–Crippen MR) is 84.3 cm³/mol. The van der Waals surface area contributed by atoms with E-state index in [1.165, 1.54) is 0 Å². The number of hydrogen-bond donors (Lipinski definition) is 1. The lowest BCUT2D eigenvalue weighted by Crippen LogP contribution is -1.97. The Bertz CT molecular complexity index is 787. The lowest BCUT2D eigenvalue weighted by Gasteiger charge is -1.99. The van der Waals surface area contributed by atoms with Crippen molar-refractivity contribution in [2.45, 2.75) is 19.8 Å². The zero-order valence-corrected chi connectivity index (χ0v) is 12.3. The number of carboxylic acid groups (broad SMARTS) is 1. The van der Waals surface area contributed by atoms with Crippen LogP contribution in [0.25, 0.3) is 0 Å². The van der Waals surface area contributed by atoms with E-state index in [0.29, 0.717) is 12.0 Å². The van der Waals surface area contributed by atoms with E-state index in [-0.39, 0.29) is 6.42 Å². The Hall–Kier alpha value is -3.04. The van der Waals surface area contributed by atoms with Crippen molar-refractivity contribution >= 4 is 5.97 Å². The molecule has 0 aliphatic heterocycles. The van der Waals surface area contributed by atoms with Crippen molar-refractivity contribution in [3.63, 3.8) is 0 Å². The Morgan fingerprint density at radius 2 is 1.82 bits per heavy atom. The van der Waals surface area contributed by atoms with Crippen LogP contribution >= 0.6 is 0 Å². The van der Waals surface area contributed by atoms with Crippen LogP contribution in [-0.4, -0.2) is 11.1 Å². The van der Waals surface area contributed by atoms with Crippen LogP contribution in [0.5, 0.6) is 0 Å². The molecule has 0 unspecified atom stereocenters. The molecule has 2 aromatic rings. The number of carbonyl (C=O) groups is 1. The summed E-state index contributed by atoms with van der Waals surface area (Å²) in [6, 6.07) is 15.2. The van der Waals surface area contributed by atoms with Crippen molar-refractivity contribution in [3.05, 3.63) is 70.3 Å². The molecule has 2 aromatic carbocycles. The number of hydrogen-bond acceptors (Lipinski definition) is 2. The van der Waals surface area contributed by atoms with E-state index in [1.54, 1.807) is 6.07 Å². The Kier molecular flexibility index (Phi) is 4.96. The maximum Gasteiger partial charge on any atom is 0.303 e. The van der Waals surface area contributed by atoms with E-state index in [0.717, 1.165) is 22.3 Å². The fourth-order valence-corrected chi connectivity index (χ4v) is 2.00. The Morgan fingerprint density at radius 1 is 1.09 bits per heavy atom. The van der Waals surface area contributed by atoms with Crippen LogP contribution in [0, 0.1) is 30.1 Å². The lowest BCUT2D eigenvalue weighted by atomic mass is 10.0. The number of benzene rings is 2. The largest absolute Gasteiger partial charge is 0.481 e. The summed E-state index contributed by atoms with van der Waals surface area (Å²) in [5.74, 6) is 5.26. The quantitative estimate of drug-likeness (QED) is 0.882. The minimum Gasteiger partial charge on any atom is -0.481 e. The highest BCUT2D eigenvalue weighted by Crippen LogP contribution is 2.10. The van der Waals surface area contributed by atoms with Crippen LogP contribution in [0.3, 0.4) is 0 Å². The molecular formula is C19H15NO2. The van der Waals surface area contributed by atoms with Crippen LogP contribution in [0.4, 0.5) is 0 Å². The molecule has 0 bridgehead atoms. The molecule has 0 heterocycles. The van der Waals surface area contributed by atoms with E-state index >= 15 is 0 Å². The van der Waals surface area contributed by atoms with Gasteiger partial charge in [0.25, 0.3) is 0 Å². The van der Waals surface area contributed by atoms with Crippen molar-refractivity contribution in [3.8, 4) is 17.9 Å². The van der Waals surface area contributed by atoms with Gasteiger partial charge in [0.2, 0.25) is 0 Å². The Labute approximate surface area is 129 Å². The standard InChI is InChI=1S/C19H15NO2/c1-14-2-9-18(13-20)17(12-14)10-7-15-3-5-16(6-4-15)8-11-19(21)22/h2-6,9,12H,8,11H2,1H3,(H,21,22). The van der Waals surface area contributed by atoms with Crippen LogP contribution in [0.15, 0.2) is 42.5 Å². The molecule has 0 amide bonds. The number of aliphatic carboxylic acids is 1. The summed E-state index contributed by atoms with van der Waals surface area (Å²) in [6.45, 7) is 1.96. The highest BCUT2D eigenvalue weighted by atomic mass is 16.4. The van der Waals surface area contributed by atoms with Crippen molar-refractivity contribution in [1.29, 1.82) is 5.26 Å². The fraction of sp³-hybridized carbons (Fsp3) is 0.158. The molecule has 0 saturated carbocycles. The third kappa shape index (κ3) is 4.23. The summed E-state index contributed by atoms with van der Waals surface area (Å²) in [5, 5.41) is 17.7. The molecule has 0 spiro atoms. The first kappa shape index (κ1) is 15.4. The summed E-state index contributed by atoms with van der Waals surface area (Å²) < 4.78 is 0. The van der Waals surface area contributed by atoms with Crippen LogP contribution in [-0.2, 0) is 11.2 Å². The van der Waals surface area contributed by atoms with E-state index in [4.69, 9.17) is 10.4 Å². The van der Waals surface area contributed by atoms with Gasteiger partial charge in [-0.25, -0.2) is 0 Å². The maximum absolute atomic E-state index is 10.5. The average molecular weight is 289 g/mol. The van der Waals surface area contributed by atoms with Gasteiger partial charge in [0.1, 0.15) is 6.07 Å². The zero-order valence-electron chi connectivity index (χ0n) is 12.3. The molecule has 0 atom stereocenters. The fourth-order valence-electron chi connectivity index (χ4n) is 2.00. The molecule has 3 nitrogen and oxygen atoms in total. The Morgan fingerprint density at radius 3 is 2.45 bits per heavy atom. The molecule has 0 aliphatic rings. The van der Waals surface area contributed by atoms with Gasteiger partial charge >= 0.3 is 5.97 Å². The van der Waals surface area contributed by atoms with Crippen molar-refractivity contribution in [2.24, 2.45) is 0 Å². The molecule has 0 aliphatic carbocycles. The number of rotatable bonds is 3. The van der Waals surface area contributed by atoms with Gasteiger partial charge in [0.15, 0.2) is 0 Å². The van der Waals surface area contributed by atoms with Gasteiger partial charge in [0, 0.05) is 17.5 Å². The molecule has 108 valence electrons. The van der Waals surface area contributed by atoms with Gasteiger partial charge in [-0.15, -0.1) is 0 Å². The Balaban J connectivity index is 2.17. The van der Waals surface area contributed by atoms with Crippen LogP contribution in [0.2, 0.25) is 0 Å². The summed E-state index contributed by atoms with van der Waals surface area (Å²) in [4.78, 5) is 10.5. The topological polar surface area (TPSA) is 61.1 Å². The molecule has 0 aromatic heterocycles. The van der Waals surface area contributed by atoms with Gasteiger partial charge in [-0.1, -0.05) is 30.0 Å². The van der Waals surface area contributed by atoms with Gasteiger partial charge in [-0.3, -0.25) is 4.79 Å². The SMILES string of the molecule is Cc1ccc(C#N)c(C#Cc2ccc(CCC(=O)O)cc2)c1. The highest BCUT2D eigenvalue weighted by Gasteiger charge is 2.00. The summed E-state index contributed by atoms with van der Waals surface area (Å²) in [5.41, 5.74) is 4.16. The molecule has 1 N–H and O–H groups in total. The molecule has 22 heavy (non-hydrogen) atoms. The molecule has 0 saturated heterocycles. The summed E-state index contributed by atoms with van der Waals surface area (Å²) >= 11 is 0. The second kappa shape index (κ2) is 7.11. The molecule has 0 fully saturated rings. The van der Waals surface area contributed by atoms with Crippen LogP contribution < -0.4 is 0 Å². The van der Waals surface area contributed by atoms with Crippen molar-refractivity contribution in [1.82, 2.24) is 0 Å². The van der Waals surface area contributed by atoms with Crippen LogP contribution in [0.1, 0.15) is 34.2 Å². The van der Waals surface area contributed by atoms with Gasteiger partial charge in [0.05, 0.1) is 5.56 Å². The highest BCUT2D eigenvalue weighted by molar-refractivity contribution is 5.67. The van der Waals surface area contributed by atoms with E-state index in [2.05, 4.69) is 17.9 Å². The van der Waals surface area contributed by atoms with Crippen molar-refractivity contribution in [2.75, 3.05) is 0 Å². The first-order valence-electron chi connectivity index (χ1n) is 6.92. The third-order valence-corrected chi connectivity index (χ3v) is 3.22. The zero-order chi connectivity index (χ0) is 15.9. The van der Waals surface area contributed by atoms with E-state index in [9.17, 15) is 4.79 Å².